The highest BCUT2D eigenvalue weighted by Gasteiger charge is 2.39. The van der Waals surface area contributed by atoms with E-state index >= 15 is 0 Å². The van der Waals surface area contributed by atoms with E-state index in [1.165, 1.54) is 4.88 Å². The van der Waals surface area contributed by atoms with Crippen LogP contribution in [0.5, 0.6) is 0 Å². The van der Waals surface area contributed by atoms with Crippen LogP contribution in [0.15, 0.2) is 11.4 Å². The van der Waals surface area contributed by atoms with Gasteiger partial charge in [-0.1, -0.05) is 0 Å². The average Bonchev–Trinajstić information content (AvgIpc) is 3.05. The van der Waals surface area contributed by atoms with Crippen LogP contribution in [0.4, 0.5) is 0 Å². The maximum atomic E-state index is 12.6. The average molecular weight is 297 g/mol. The summed E-state index contributed by atoms with van der Waals surface area (Å²) in [6.45, 7) is 0.576. The number of likely N-dealkylation sites (tertiary alicyclic amines) is 1. The third-order valence-corrected chi connectivity index (χ3v) is 5.95. The molecule has 6 heteroatoms. The molecule has 2 aliphatic rings. The molecule has 0 radical (unpaired) electrons. The summed E-state index contributed by atoms with van der Waals surface area (Å²) in [5.74, 6) is 0.0432. The lowest BCUT2D eigenvalue weighted by atomic mass is 10.1. The highest BCUT2D eigenvalue weighted by Crippen LogP contribution is 2.41. The summed E-state index contributed by atoms with van der Waals surface area (Å²) in [5.41, 5.74) is 1.10. The van der Waals surface area contributed by atoms with Crippen molar-refractivity contribution in [2.45, 2.75) is 30.6 Å². The van der Waals surface area contributed by atoms with Gasteiger partial charge in [0.2, 0.25) is 5.91 Å². The largest absolute Gasteiger partial charge is 0.480 e. The first kappa shape index (κ1) is 13.0. The summed E-state index contributed by atoms with van der Waals surface area (Å²) in [7, 11) is 0. The Morgan fingerprint density at radius 3 is 3.05 bits per heavy atom. The molecule has 2 aliphatic heterocycles. The number of carboxylic acids is 1. The van der Waals surface area contributed by atoms with Crippen LogP contribution in [0.3, 0.4) is 0 Å². The topological polar surface area (TPSA) is 57.6 Å². The molecule has 3 heterocycles. The highest BCUT2D eigenvalue weighted by atomic mass is 32.2. The first-order valence-corrected chi connectivity index (χ1v) is 8.32. The summed E-state index contributed by atoms with van der Waals surface area (Å²) in [6.07, 6.45) is 2.38. The van der Waals surface area contributed by atoms with E-state index in [1.54, 1.807) is 28.0 Å². The van der Waals surface area contributed by atoms with E-state index < -0.39 is 12.0 Å². The van der Waals surface area contributed by atoms with Crippen molar-refractivity contribution in [3.8, 4) is 0 Å². The number of rotatable bonds is 2. The third-order valence-electron chi connectivity index (χ3n) is 3.72. The Bertz CT molecular complexity index is 514. The number of thioether (sulfide) groups is 1. The van der Waals surface area contributed by atoms with Crippen LogP contribution < -0.4 is 0 Å². The van der Waals surface area contributed by atoms with Crippen molar-refractivity contribution in [1.82, 2.24) is 4.90 Å². The molecule has 4 nitrogen and oxygen atoms in total. The monoisotopic (exact) mass is 297 g/mol. The Kier molecular flexibility index (Phi) is 3.54. The molecule has 1 saturated heterocycles. The number of aliphatic carboxylic acids is 1. The van der Waals surface area contributed by atoms with Crippen molar-refractivity contribution in [3.63, 3.8) is 0 Å². The molecule has 1 aromatic heterocycles. The standard InChI is InChI=1S/C13H15NO3S2/c15-12(14-5-1-2-9(14)13(16)17)11-8-3-6-18-10(8)4-7-19-11/h3,6,9,11H,1-2,4-5,7H2,(H,16,17)/t9-,11?/m0/s1. The van der Waals surface area contributed by atoms with Gasteiger partial charge < -0.3 is 10.0 Å². The number of aryl methyl sites for hydroxylation is 1. The zero-order valence-corrected chi connectivity index (χ0v) is 12.0. The number of thiophene rings is 1. The molecule has 1 unspecified atom stereocenters. The van der Waals surface area contributed by atoms with Gasteiger partial charge in [-0.2, -0.15) is 0 Å². The lowest BCUT2D eigenvalue weighted by molar-refractivity contribution is -0.148. The van der Waals surface area contributed by atoms with Gasteiger partial charge in [0, 0.05) is 11.4 Å². The smallest absolute Gasteiger partial charge is 0.326 e. The zero-order chi connectivity index (χ0) is 13.4. The van der Waals surface area contributed by atoms with Crippen LogP contribution in [0.2, 0.25) is 0 Å². The predicted octanol–water partition coefficient (Wildman–Crippen LogP) is 2.15. The quantitative estimate of drug-likeness (QED) is 0.909. The molecule has 0 aliphatic carbocycles. The first-order chi connectivity index (χ1) is 9.18. The lowest BCUT2D eigenvalue weighted by Gasteiger charge is -2.28. The second-order valence-electron chi connectivity index (χ2n) is 4.83. The van der Waals surface area contributed by atoms with Gasteiger partial charge in [-0.3, -0.25) is 4.79 Å². The zero-order valence-electron chi connectivity index (χ0n) is 10.4. The Hall–Kier alpha value is -1.01. The number of carbonyl (C=O) groups excluding carboxylic acids is 1. The molecule has 1 N–H and O–H groups in total. The van der Waals surface area contributed by atoms with Crippen LogP contribution in [0, 0.1) is 0 Å². The molecule has 0 saturated carbocycles. The predicted molar refractivity (Wildman–Crippen MR) is 75.6 cm³/mol. The molecule has 1 amide bonds. The number of fused-ring (bicyclic) bond motifs is 1. The van der Waals surface area contributed by atoms with Gasteiger partial charge in [-0.05, 0) is 42.0 Å². The summed E-state index contributed by atoms with van der Waals surface area (Å²) in [4.78, 5) is 26.7. The summed E-state index contributed by atoms with van der Waals surface area (Å²) in [6, 6.07) is 1.39. The van der Waals surface area contributed by atoms with E-state index in [0.717, 1.165) is 24.2 Å². The number of carbonyl (C=O) groups is 2. The first-order valence-electron chi connectivity index (χ1n) is 6.39. The van der Waals surface area contributed by atoms with Crippen molar-refractivity contribution in [2.75, 3.05) is 12.3 Å². The number of amides is 1. The van der Waals surface area contributed by atoms with Crippen molar-refractivity contribution in [2.24, 2.45) is 0 Å². The van der Waals surface area contributed by atoms with E-state index in [1.807, 2.05) is 11.4 Å². The highest BCUT2D eigenvalue weighted by molar-refractivity contribution is 8.00. The van der Waals surface area contributed by atoms with E-state index in [4.69, 9.17) is 0 Å². The van der Waals surface area contributed by atoms with Crippen molar-refractivity contribution in [3.05, 3.63) is 21.9 Å². The van der Waals surface area contributed by atoms with Gasteiger partial charge in [0.05, 0.1) is 0 Å². The van der Waals surface area contributed by atoms with Crippen LogP contribution in [-0.2, 0) is 16.0 Å². The second-order valence-corrected chi connectivity index (χ2v) is 7.04. The summed E-state index contributed by atoms with van der Waals surface area (Å²) in [5, 5.41) is 11.0. The van der Waals surface area contributed by atoms with E-state index in [2.05, 4.69) is 0 Å². The Morgan fingerprint density at radius 2 is 2.26 bits per heavy atom. The van der Waals surface area contributed by atoms with Gasteiger partial charge in [-0.25, -0.2) is 4.79 Å². The van der Waals surface area contributed by atoms with E-state index in [9.17, 15) is 14.7 Å². The maximum Gasteiger partial charge on any atom is 0.326 e. The van der Waals surface area contributed by atoms with E-state index in [-0.39, 0.29) is 11.2 Å². The molecule has 0 bridgehead atoms. The third kappa shape index (κ3) is 2.27. The summed E-state index contributed by atoms with van der Waals surface area (Å²) < 4.78 is 0. The number of hydrogen-bond acceptors (Lipinski definition) is 4. The van der Waals surface area contributed by atoms with Crippen molar-refractivity contribution < 1.29 is 14.7 Å². The van der Waals surface area contributed by atoms with Crippen LogP contribution in [0.25, 0.3) is 0 Å². The molecule has 1 fully saturated rings. The van der Waals surface area contributed by atoms with Gasteiger partial charge in [0.25, 0.3) is 0 Å². The molecule has 0 spiro atoms. The normalized spacial score (nSPS) is 26.2. The van der Waals surface area contributed by atoms with Crippen molar-refractivity contribution in [1.29, 1.82) is 0 Å². The van der Waals surface area contributed by atoms with Gasteiger partial charge in [0.15, 0.2) is 0 Å². The molecule has 1 aromatic rings. The SMILES string of the molecule is O=C(O)[C@@H]1CCCN1C(=O)C1SCCc2sccc21. The van der Waals surface area contributed by atoms with Gasteiger partial charge >= 0.3 is 5.97 Å². The fourth-order valence-corrected chi connectivity index (χ4v) is 5.15. The second kappa shape index (κ2) is 5.17. The summed E-state index contributed by atoms with van der Waals surface area (Å²) >= 11 is 3.34. The number of nitrogens with zero attached hydrogens (tertiary/aromatic N) is 1. The maximum absolute atomic E-state index is 12.6. The van der Waals surface area contributed by atoms with Crippen LogP contribution in [-0.4, -0.2) is 40.2 Å². The number of hydrogen-bond donors (Lipinski definition) is 1. The fraction of sp³-hybridized carbons (Fsp3) is 0.538. The lowest BCUT2D eigenvalue weighted by Crippen LogP contribution is -2.42. The number of carboxylic acid groups (broad SMARTS) is 1. The fourth-order valence-electron chi connectivity index (χ4n) is 2.79. The van der Waals surface area contributed by atoms with Crippen LogP contribution >= 0.6 is 23.1 Å². The molecule has 102 valence electrons. The molecule has 19 heavy (non-hydrogen) atoms. The van der Waals surface area contributed by atoms with Gasteiger partial charge in [-0.15, -0.1) is 23.1 Å². The minimum absolute atomic E-state index is 0.0192. The molecular weight excluding hydrogens is 282 g/mol. The van der Waals surface area contributed by atoms with Crippen molar-refractivity contribution >= 4 is 35.0 Å². The molecular formula is C13H15NO3S2. The molecule has 0 aromatic carbocycles. The minimum Gasteiger partial charge on any atom is -0.480 e. The van der Waals surface area contributed by atoms with Crippen LogP contribution in [0.1, 0.15) is 28.5 Å². The Morgan fingerprint density at radius 1 is 1.42 bits per heavy atom. The van der Waals surface area contributed by atoms with E-state index in [0.29, 0.717) is 13.0 Å². The minimum atomic E-state index is -0.878. The molecule has 3 rings (SSSR count). The Balaban J connectivity index is 1.84. The van der Waals surface area contributed by atoms with Gasteiger partial charge in [0.1, 0.15) is 11.3 Å². The Labute approximate surface area is 119 Å². The molecule has 2 atom stereocenters.